The van der Waals surface area contributed by atoms with E-state index in [2.05, 4.69) is 10.6 Å². The topological polar surface area (TPSA) is 67.4 Å². The standard InChI is InChI=1S/C19H26Cl2N2O3/c20-14-8-9-17(16(21)13-14)26-12-4-7-18(24)22-11-10-19(25)23-15-5-2-1-3-6-15/h8-9,13,15H,1-7,10-12H2,(H,22,24)(H,23,25). The van der Waals surface area contributed by atoms with Crippen LogP contribution in [0.5, 0.6) is 5.75 Å². The molecule has 2 N–H and O–H groups in total. The maximum Gasteiger partial charge on any atom is 0.221 e. The van der Waals surface area contributed by atoms with Crippen LogP contribution in [-0.4, -0.2) is 31.0 Å². The number of nitrogens with one attached hydrogen (secondary N) is 2. The molecule has 0 bridgehead atoms. The number of ether oxygens (including phenoxy) is 1. The maximum absolute atomic E-state index is 11.9. The van der Waals surface area contributed by atoms with Crippen LogP contribution in [0, 0.1) is 0 Å². The molecule has 1 aromatic carbocycles. The summed E-state index contributed by atoms with van der Waals surface area (Å²) in [5, 5.41) is 6.81. The number of rotatable bonds is 9. The molecule has 144 valence electrons. The van der Waals surface area contributed by atoms with Crippen LogP contribution < -0.4 is 15.4 Å². The first-order chi connectivity index (χ1) is 12.5. The van der Waals surface area contributed by atoms with Crippen molar-refractivity contribution < 1.29 is 14.3 Å². The molecule has 0 unspecified atom stereocenters. The highest BCUT2D eigenvalue weighted by atomic mass is 35.5. The second kappa shape index (κ2) is 11.3. The van der Waals surface area contributed by atoms with Crippen LogP contribution in [0.15, 0.2) is 18.2 Å². The van der Waals surface area contributed by atoms with Crippen molar-refractivity contribution in [2.24, 2.45) is 0 Å². The molecule has 1 saturated carbocycles. The Balaban J connectivity index is 1.52. The van der Waals surface area contributed by atoms with Gasteiger partial charge in [0.15, 0.2) is 0 Å². The van der Waals surface area contributed by atoms with Gasteiger partial charge in [-0.05, 0) is 37.5 Å². The Morgan fingerprint density at radius 2 is 1.85 bits per heavy atom. The highest BCUT2D eigenvalue weighted by molar-refractivity contribution is 6.35. The Kier molecular flexibility index (Phi) is 9.06. The van der Waals surface area contributed by atoms with Gasteiger partial charge in [-0.2, -0.15) is 0 Å². The van der Waals surface area contributed by atoms with Crippen LogP contribution >= 0.6 is 23.2 Å². The van der Waals surface area contributed by atoms with Crippen molar-refractivity contribution in [3.8, 4) is 5.75 Å². The summed E-state index contributed by atoms with van der Waals surface area (Å²) < 4.78 is 5.53. The van der Waals surface area contributed by atoms with E-state index in [1.807, 2.05) is 0 Å². The number of halogens is 2. The average Bonchev–Trinajstić information content (AvgIpc) is 2.61. The predicted octanol–water partition coefficient (Wildman–Crippen LogP) is 4.11. The molecule has 0 aromatic heterocycles. The molecule has 1 aromatic rings. The Hall–Kier alpha value is -1.46. The summed E-state index contributed by atoms with van der Waals surface area (Å²) in [6, 6.07) is 5.33. The van der Waals surface area contributed by atoms with Gasteiger partial charge in [0.05, 0.1) is 11.6 Å². The highest BCUT2D eigenvalue weighted by Gasteiger charge is 2.15. The number of amides is 2. The zero-order valence-corrected chi connectivity index (χ0v) is 16.4. The third-order valence-corrected chi connectivity index (χ3v) is 4.87. The van der Waals surface area contributed by atoms with E-state index in [9.17, 15) is 9.59 Å². The van der Waals surface area contributed by atoms with Gasteiger partial charge in [-0.15, -0.1) is 0 Å². The van der Waals surface area contributed by atoms with Gasteiger partial charge in [-0.1, -0.05) is 42.5 Å². The van der Waals surface area contributed by atoms with E-state index in [4.69, 9.17) is 27.9 Å². The van der Waals surface area contributed by atoms with E-state index in [0.29, 0.717) is 54.3 Å². The molecule has 7 heteroatoms. The molecule has 2 rings (SSSR count). The summed E-state index contributed by atoms with van der Waals surface area (Å²) in [7, 11) is 0. The van der Waals surface area contributed by atoms with Gasteiger partial charge in [-0.25, -0.2) is 0 Å². The van der Waals surface area contributed by atoms with Gasteiger partial charge in [0.2, 0.25) is 11.8 Å². The first kappa shape index (κ1) is 20.8. The summed E-state index contributed by atoms with van der Waals surface area (Å²) in [6.45, 7) is 0.748. The van der Waals surface area contributed by atoms with Crippen molar-refractivity contribution in [3.05, 3.63) is 28.2 Å². The highest BCUT2D eigenvalue weighted by Crippen LogP contribution is 2.27. The quantitative estimate of drug-likeness (QED) is 0.612. The summed E-state index contributed by atoms with van der Waals surface area (Å²) >= 11 is 11.8. The third kappa shape index (κ3) is 7.83. The second-order valence-electron chi connectivity index (χ2n) is 6.53. The first-order valence-electron chi connectivity index (χ1n) is 9.18. The molecule has 0 radical (unpaired) electrons. The van der Waals surface area contributed by atoms with E-state index in [1.54, 1.807) is 18.2 Å². The van der Waals surface area contributed by atoms with Gasteiger partial charge in [0.25, 0.3) is 0 Å². The largest absolute Gasteiger partial charge is 0.492 e. The van der Waals surface area contributed by atoms with Crippen molar-refractivity contribution in [2.75, 3.05) is 13.2 Å². The summed E-state index contributed by atoms with van der Waals surface area (Å²) in [5.41, 5.74) is 0. The molecule has 1 aliphatic carbocycles. The van der Waals surface area contributed by atoms with Crippen molar-refractivity contribution in [1.29, 1.82) is 0 Å². The van der Waals surface area contributed by atoms with Crippen LogP contribution in [0.4, 0.5) is 0 Å². The molecule has 0 saturated heterocycles. The summed E-state index contributed by atoms with van der Waals surface area (Å²) in [6.07, 6.45) is 6.99. The fourth-order valence-electron chi connectivity index (χ4n) is 2.96. The summed E-state index contributed by atoms with van der Waals surface area (Å²) in [5.74, 6) is 0.482. The molecule has 26 heavy (non-hydrogen) atoms. The lowest BCUT2D eigenvalue weighted by Crippen LogP contribution is -2.38. The van der Waals surface area contributed by atoms with Crippen molar-refractivity contribution in [2.45, 2.75) is 57.4 Å². The van der Waals surface area contributed by atoms with Gasteiger partial charge < -0.3 is 15.4 Å². The molecule has 0 spiro atoms. The Labute approximate surface area is 164 Å². The minimum atomic E-state index is -0.0822. The smallest absolute Gasteiger partial charge is 0.221 e. The molecule has 5 nitrogen and oxygen atoms in total. The van der Waals surface area contributed by atoms with Gasteiger partial charge in [0, 0.05) is 30.5 Å². The maximum atomic E-state index is 11.9. The fraction of sp³-hybridized carbons (Fsp3) is 0.579. The Morgan fingerprint density at radius 3 is 2.58 bits per heavy atom. The zero-order valence-electron chi connectivity index (χ0n) is 14.9. The molecule has 2 amide bonds. The van der Waals surface area contributed by atoms with Crippen molar-refractivity contribution in [1.82, 2.24) is 10.6 Å². The summed E-state index contributed by atoms with van der Waals surface area (Å²) in [4.78, 5) is 23.7. The fourth-order valence-corrected chi connectivity index (χ4v) is 3.42. The molecule has 1 fully saturated rings. The lowest BCUT2D eigenvalue weighted by Gasteiger charge is -2.22. The van der Waals surface area contributed by atoms with E-state index in [1.165, 1.54) is 19.3 Å². The third-order valence-electron chi connectivity index (χ3n) is 4.34. The van der Waals surface area contributed by atoms with E-state index >= 15 is 0 Å². The van der Waals surface area contributed by atoms with E-state index in [-0.39, 0.29) is 11.8 Å². The lowest BCUT2D eigenvalue weighted by atomic mass is 9.95. The number of hydrogen-bond donors (Lipinski definition) is 2. The first-order valence-corrected chi connectivity index (χ1v) is 9.94. The van der Waals surface area contributed by atoms with Crippen LogP contribution in [0.25, 0.3) is 0 Å². The monoisotopic (exact) mass is 400 g/mol. The van der Waals surface area contributed by atoms with Crippen LogP contribution in [-0.2, 0) is 9.59 Å². The predicted molar refractivity (Wildman–Crippen MR) is 104 cm³/mol. The minimum absolute atomic E-state index is 0.0120. The molecule has 0 atom stereocenters. The Bertz CT molecular complexity index is 604. The molecule has 0 heterocycles. The van der Waals surface area contributed by atoms with Crippen molar-refractivity contribution in [3.63, 3.8) is 0 Å². The van der Waals surface area contributed by atoms with Crippen LogP contribution in [0.1, 0.15) is 51.4 Å². The van der Waals surface area contributed by atoms with E-state index < -0.39 is 0 Å². The number of carbonyl (C=O) groups excluding carboxylic acids is 2. The molecular weight excluding hydrogens is 375 g/mol. The average molecular weight is 401 g/mol. The normalized spacial score (nSPS) is 14.7. The van der Waals surface area contributed by atoms with E-state index in [0.717, 1.165) is 12.8 Å². The second-order valence-corrected chi connectivity index (χ2v) is 7.37. The van der Waals surface area contributed by atoms with Crippen molar-refractivity contribution >= 4 is 35.0 Å². The lowest BCUT2D eigenvalue weighted by molar-refractivity contribution is -0.122. The van der Waals surface area contributed by atoms with Gasteiger partial charge in [0.1, 0.15) is 5.75 Å². The minimum Gasteiger partial charge on any atom is -0.492 e. The van der Waals surface area contributed by atoms with Crippen LogP contribution in [0.2, 0.25) is 10.0 Å². The zero-order chi connectivity index (χ0) is 18.8. The van der Waals surface area contributed by atoms with Gasteiger partial charge >= 0.3 is 0 Å². The molecule has 1 aliphatic rings. The van der Waals surface area contributed by atoms with Gasteiger partial charge in [-0.3, -0.25) is 9.59 Å². The number of carbonyl (C=O) groups is 2. The van der Waals surface area contributed by atoms with Crippen LogP contribution in [0.3, 0.4) is 0 Å². The molecular formula is C19H26Cl2N2O3. The molecule has 0 aliphatic heterocycles. The Morgan fingerprint density at radius 1 is 1.08 bits per heavy atom. The number of hydrogen-bond acceptors (Lipinski definition) is 3. The number of benzene rings is 1. The SMILES string of the molecule is O=C(CCCOc1ccc(Cl)cc1Cl)NCCC(=O)NC1CCCCC1.